The van der Waals surface area contributed by atoms with E-state index in [1.165, 1.54) is 17.5 Å². The number of rotatable bonds is 7. The molecule has 26 heavy (non-hydrogen) atoms. The van der Waals surface area contributed by atoms with E-state index in [1.807, 2.05) is 19.1 Å². The van der Waals surface area contributed by atoms with E-state index in [0.29, 0.717) is 18.0 Å². The first-order valence-corrected chi connectivity index (χ1v) is 8.93. The summed E-state index contributed by atoms with van der Waals surface area (Å²) in [6.45, 7) is 2.06. The number of para-hydroxylation sites is 2. The average molecular weight is 353 g/mol. The van der Waals surface area contributed by atoms with Crippen molar-refractivity contribution in [3.8, 4) is 5.75 Å². The van der Waals surface area contributed by atoms with Gasteiger partial charge in [0.15, 0.2) is 6.61 Å². The van der Waals surface area contributed by atoms with Gasteiger partial charge in [-0.25, -0.2) is 0 Å². The maximum Gasteiger partial charge on any atom is 0.310 e. The minimum atomic E-state index is -0.406. The molecule has 5 nitrogen and oxygen atoms in total. The molecule has 0 saturated heterocycles. The van der Waals surface area contributed by atoms with Crippen molar-refractivity contribution in [3.05, 3.63) is 59.2 Å². The number of carbonyl (C=O) groups excluding carboxylic acids is 2. The average Bonchev–Trinajstić information content (AvgIpc) is 3.10. The molecule has 1 amide bonds. The third-order valence-electron chi connectivity index (χ3n) is 4.34. The Morgan fingerprint density at radius 2 is 1.88 bits per heavy atom. The number of hydrogen-bond donors (Lipinski definition) is 1. The summed E-state index contributed by atoms with van der Waals surface area (Å²) >= 11 is 0. The SMILES string of the molecule is CCOc1ccccc1NC(=O)COC(=O)Cc1ccc2c(c1)CCC2. The minimum Gasteiger partial charge on any atom is -0.492 e. The first kappa shape index (κ1) is 18.0. The zero-order chi connectivity index (χ0) is 18.4. The molecule has 0 aliphatic heterocycles. The molecule has 0 aromatic heterocycles. The number of amides is 1. The Morgan fingerprint density at radius 1 is 1.08 bits per heavy atom. The summed E-state index contributed by atoms with van der Waals surface area (Å²) < 4.78 is 10.6. The molecular formula is C21H23NO4. The summed E-state index contributed by atoms with van der Waals surface area (Å²) in [6, 6.07) is 13.3. The molecule has 2 aromatic carbocycles. The summed E-state index contributed by atoms with van der Waals surface area (Å²) in [5, 5.41) is 2.71. The van der Waals surface area contributed by atoms with Crippen LogP contribution in [0.15, 0.2) is 42.5 Å². The summed E-state index contributed by atoms with van der Waals surface area (Å²) in [5.41, 5.74) is 4.18. The van der Waals surface area contributed by atoms with E-state index in [4.69, 9.17) is 9.47 Å². The van der Waals surface area contributed by atoms with Gasteiger partial charge in [-0.1, -0.05) is 30.3 Å². The number of aryl methyl sites for hydroxylation is 2. The van der Waals surface area contributed by atoms with Gasteiger partial charge in [0.2, 0.25) is 0 Å². The topological polar surface area (TPSA) is 64.6 Å². The van der Waals surface area contributed by atoms with E-state index in [-0.39, 0.29) is 18.9 Å². The van der Waals surface area contributed by atoms with Crippen LogP contribution in [0.25, 0.3) is 0 Å². The van der Waals surface area contributed by atoms with Crippen LogP contribution in [0.2, 0.25) is 0 Å². The Kier molecular flexibility index (Phi) is 5.89. The Labute approximate surface area is 153 Å². The van der Waals surface area contributed by atoms with Crippen molar-refractivity contribution in [2.45, 2.75) is 32.6 Å². The molecule has 0 heterocycles. The summed E-state index contributed by atoms with van der Waals surface area (Å²) in [5.74, 6) is -0.205. The number of esters is 1. The van der Waals surface area contributed by atoms with Gasteiger partial charge in [0.1, 0.15) is 5.75 Å². The second kappa shape index (κ2) is 8.52. The highest BCUT2D eigenvalue weighted by Crippen LogP contribution is 2.24. The van der Waals surface area contributed by atoms with Crippen LogP contribution >= 0.6 is 0 Å². The van der Waals surface area contributed by atoms with Gasteiger partial charge in [-0.15, -0.1) is 0 Å². The van der Waals surface area contributed by atoms with Crippen LogP contribution in [0.5, 0.6) is 5.75 Å². The number of nitrogens with one attached hydrogen (secondary N) is 1. The van der Waals surface area contributed by atoms with Crippen LogP contribution in [-0.2, 0) is 33.6 Å². The highest BCUT2D eigenvalue weighted by atomic mass is 16.5. The maximum absolute atomic E-state index is 12.0. The number of benzene rings is 2. The van der Waals surface area contributed by atoms with Gasteiger partial charge < -0.3 is 14.8 Å². The summed E-state index contributed by atoms with van der Waals surface area (Å²) in [7, 11) is 0. The van der Waals surface area contributed by atoms with Gasteiger partial charge >= 0.3 is 5.97 Å². The normalized spacial score (nSPS) is 12.3. The zero-order valence-corrected chi connectivity index (χ0v) is 14.9. The van der Waals surface area contributed by atoms with Gasteiger partial charge in [-0.2, -0.15) is 0 Å². The number of carbonyl (C=O) groups is 2. The van der Waals surface area contributed by atoms with Crippen molar-refractivity contribution < 1.29 is 19.1 Å². The lowest BCUT2D eigenvalue weighted by atomic mass is 10.0. The van der Waals surface area contributed by atoms with Crippen molar-refractivity contribution in [3.63, 3.8) is 0 Å². The number of hydrogen-bond acceptors (Lipinski definition) is 4. The quantitative estimate of drug-likeness (QED) is 0.776. The first-order valence-electron chi connectivity index (χ1n) is 8.93. The molecule has 0 unspecified atom stereocenters. The monoisotopic (exact) mass is 353 g/mol. The maximum atomic E-state index is 12.0. The Hall–Kier alpha value is -2.82. The van der Waals surface area contributed by atoms with E-state index in [2.05, 4.69) is 17.4 Å². The Bertz CT molecular complexity index is 800. The fraction of sp³-hybridized carbons (Fsp3) is 0.333. The number of ether oxygens (including phenoxy) is 2. The molecular weight excluding hydrogens is 330 g/mol. The highest BCUT2D eigenvalue weighted by molar-refractivity contribution is 5.94. The van der Waals surface area contributed by atoms with Gasteiger partial charge in [-0.3, -0.25) is 9.59 Å². The fourth-order valence-electron chi connectivity index (χ4n) is 3.14. The largest absolute Gasteiger partial charge is 0.492 e. The molecule has 2 aromatic rings. The lowest BCUT2D eigenvalue weighted by molar-refractivity contribution is -0.146. The van der Waals surface area contributed by atoms with Crippen LogP contribution in [0, 0.1) is 0 Å². The molecule has 0 atom stereocenters. The molecule has 1 N–H and O–H groups in total. The van der Waals surface area contributed by atoms with Crippen LogP contribution in [0.4, 0.5) is 5.69 Å². The van der Waals surface area contributed by atoms with E-state index in [1.54, 1.807) is 18.2 Å². The second-order valence-corrected chi connectivity index (χ2v) is 6.27. The molecule has 1 aliphatic carbocycles. The fourth-order valence-corrected chi connectivity index (χ4v) is 3.14. The van der Waals surface area contributed by atoms with Crippen LogP contribution < -0.4 is 10.1 Å². The van der Waals surface area contributed by atoms with Gasteiger partial charge in [0.05, 0.1) is 18.7 Å². The Balaban J connectivity index is 1.49. The standard InChI is InChI=1S/C21H23NO4/c1-2-25-19-9-4-3-8-18(19)22-20(23)14-26-21(24)13-15-10-11-16-6-5-7-17(16)12-15/h3-4,8-12H,2,5-7,13-14H2,1H3,(H,22,23). The number of anilines is 1. The van der Waals surface area contributed by atoms with Crippen molar-refractivity contribution in [2.75, 3.05) is 18.5 Å². The predicted octanol–water partition coefficient (Wildman–Crippen LogP) is 3.30. The summed E-state index contributed by atoms with van der Waals surface area (Å²) in [4.78, 5) is 24.0. The molecule has 1 aliphatic rings. The predicted molar refractivity (Wildman–Crippen MR) is 99.4 cm³/mol. The van der Waals surface area contributed by atoms with Gasteiger partial charge in [0.25, 0.3) is 5.91 Å². The zero-order valence-electron chi connectivity index (χ0n) is 14.9. The van der Waals surface area contributed by atoms with Crippen molar-refractivity contribution in [1.29, 1.82) is 0 Å². The van der Waals surface area contributed by atoms with Crippen LogP contribution in [0.1, 0.15) is 30.0 Å². The first-order chi connectivity index (χ1) is 12.7. The van der Waals surface area contributed by atoms with Crippen molar-refractivity contribution in [2.24, 2.45) is 0 Å². The van der Waals surface area contributed by atoms with Gasteiger partial charge in [0, 0.05) is 0 Å². The molecule has 3 rings (SSSR count). The van der Waals surface area contributed by atoms with Crippen LogP contribution in [-0.4, -0.2) is 25.1 Å². The smallest absolute Gasteiger partial charge is 0.310 e. The summed E-state index contributed by atoms with van der Waals surface area (Å²) in [6.07, 6.45) is 3.53. The van der Waals surface area contributed by atoms with Crippen molar-refractivity contribution >= 4 is 17.6 Å². The minimum absolute atomic E-state index is 0.177. The number of fused-ring (bicyclic) bond motifs is 1. The molecule has 136 valence electrons. The second-order valence-electron chi connectivity index (χ2n) is 6.27. The molecule has 0 saturated carbocycles. The molecule has 5 heteroatoms. The lowest BCUT2D eigenvalue weighted by Gasteiger charge is -2.11. The van der Waals surface area contributed by atoms with E-state index < -0.39 is 5.97 Å². The lowest BCUT2D eigenvalue weighted by Crippen LogP contribution is -2.22. The van der Waals surface area contributed by atoms with E-state index in [9.17, 15) is 9.59 Å². The highest BCUT2D eigenvalue weighted by Gasteiger charge is 2.14. The third kappa shape index (κ3) is 4.63. The van der Waals surface area contributed by atoms with E-state index in [0.717, 1.165) is 18.4 Å². The molecule has 0 spiro atoms. The molecule has 0 fully saturated rings. The van der Waals surface area contributed by atoms with Gasteiger partial charge in [-0.05, 0) is 55.0 Å². The molecule has 0 radical (unpaired) electrons. The van der Waals surface area contributed by atoms with Crippen molar-refractivity contribution in [1.82, 2.24) is 0 Å². The van der Waals surface area contributed by atoms with E-state index >= 15 is 0 Å². The Morgan fingerprint density at radius 3 is 2.73 bits per heavy atom. The third-order valence-corrected chi connectivity index (χ3v) is 4.34. The molecule has 0 bridgehead atoms. The van der Waals surface area contributed by atoms with Crippen LogP contribution in [0.3, 0.4) is 0 Å².